The van der Waals surface area contributed by atoms with Crippen molar-refractivity contribution >= 4 is 10.1 Å². The van der Waals surface area contributed by atoms with Crippen LogP contribution in [0.1, 0.15) is 32.6 Å². The first-order valence-electron chi connectivity index (χ1n) is 5.61. The molecule has 5 nitrogen and oxygen atoms in total. The fourth-order valence-electron chi connectivity index (χ4n) is 2.38. The maximum atomic E-state index is 11.2. The van der Waals surface area contributed by atoms with Crippen LogP contribution in [-0.2, 0) is 23.8 Å². The van der Waals surface area contributed by atoms with Gasteiger partial charge >= 0.3 is 0 Å². The molecule has 1 aliphatic carbocycles. The Hall–Kier alpha value is -0.170. The van der Waals surface area contributed by atoms with E-state index in [-0.39, 0.29) is 6.10 Å². The summed E-state index contributed by atoms with van der Waals surface area (Å²) in [6.07, 6.45) is 3.87. The standard InChI is InChI=1S/C10H18O5S/c1-8-7-13-10(14-8)6-4-3-5-9(10)15-16(2,11)12/h8-9H,3-7H2,1-2H3. The molecule has 0 aromatic rings. The first-order chi connectivity index (χ1) is 7.41. The van der Waals surface area contributed by atoms with Gasteiger partial charge in [0.05, 0.1) is 19.0 Å². The fourth-order valence-corrected chi connectivity index (χ4v) is 3.05. The van der Waals surface area contributed by atoms with E-state index in [1.54, 1.807) is 0 Å². The molecule has 2 fully saturated rings. The van der Waals surface area contributed by atoms with E-state index < -0.39 is 22.0 Å². The molecular weight excluding hydrogens is 232 g/mol. The average Bonchev–Trinajstić information content (AvgIpc) is 2.51. The molecule has 3 atom stereocenters. The maximum absolute atomic E-state index is 11.2. The molecule has 0 amide bonds. The second-order valence-electron chi connectivity index (χ2n) is 4.59. The molecule has 1 saturated heterocycles. The van der Waals surface area contributed by atoms with Crippen molar-refractivity contribution in [2.45, 2.75) is 50.6 Å². The number of hydrogen-bond acceptors (Lipinski definition) is 5. The van der Waals surface area contributed by atoms with Crippen molar-refractivity contribution in [2.24, 2.45) is 0 Å². The summed E-state index contributed by atoms with van der Waals surface area (Å²) in [5, 5.41) is 0. The molecule has 6 heteroatoms. The van der Waals surface area contributed by atoms with Crippen molar-refractivity contribution in [3.8, 4) is 0 Å². The number of rotatable bonds is 2. The summed E-state index contributed by atoms with van der Waals surface area (Å²) in [4.78, 5) is 0. The van der Waals surface area contributed by atoms with Crippen molar-refractivity contribution in [3.63, 3.8) is 0 Å². The van der Waals surface area contributed by atoms with Gasteiger partial charge in [0.2, 0.25) is 0 Å². The smallest absolute Gasteiger partial charge is 0.264 e. The predicted molar refractivity (Wildman–Crippen MR) is 57.4 cm³/mol. The molecule has 16 heavy (non-hydrogen) atoms. The fraction of sp³-hybridized carbons (Fsp3) is 1.00. The lowest BCUT2D eigenvalue weighted by Crippen LogP contribution is -2.48. The third-order valence-electron chi connectivity index (χ3n) is 2.99. The Morgan fingerprint density at radius 3 is 2.69 bits per heavy atom. The first kappa shape index (κ1) is 12.3. The maximum Gasteiger partial charge on any atom is 0.264 e. The van der Waals surface area contributed by atoms with Crippen LogP contribution in [0.25, 0.3) is 0 Å². The van der Waals surface area contributed by atoms with Gasteiger partial charge in [-0.3, -0.25) is 4.18 Å². The molecule has 1 aliphatic heterocycles. The molecule has 0 aromatic carbocycles. The SMILES string of the molecule is CC1COC2(CCCCC2OS(C)(=O)=O)O1. The van der Waals surface area contributed by atoms with E-state index in [1.807, 2.05) is 6.92 Å². The van der Waals surface area contributed by atoms with Crippen LogP contribution in [0, 0.1) is 0 Å². The Labute approximate surface area is 96.2 Å². The summed E-state index contributed by atoms with van der Waals surface area (Å²) in [6.45, 7) is 2.42. The van der Waals surface area contributed by atoms with Gasteiger partial charge in [-0.15, -0.1) is 0 Å². The molecule has 2 rings (SSSR count). The van der Waals surface area contributed by atoms with Crippen LogP contribution in [0.15, 0.2) is 0 Å². The summed E-state index contributed by atoms with van der Waals surface area (Å²) in [5.74, 6) is -0.833. The van der Waals surface area contributed by atoms with Crippen LogP contribution < -0.4 is 0 Å². The number of hydrogen-bond donors (Lipinski definition) is 0. The van der Waals surface area contributed by atoms with Gasteiger partial charge in [0.15, 0.2) is 5.79 Å². The molecule has 1 heterocycles. The Morgan fingerprint density at radius 1 is 1.38 bits per heavy atom. The van der Waals surface area contributed by atoms with Crippen LogP contribution in [0.5, 0.6) is 0 Å². The van der Waals surface area contributed by atoms with Gasteiger partial charge < -0.3 is 9.47 Å². The van der Waals surface area contributed by atoms with Gasteiger partial charge in [0.1, 0.15) is 6.10 Å². The quantitative estimate of drug-likeness (QED) is 0.685. The molecule has 0 aromatic heterocycles. The van der Waals surface area contributed by atoms with Gasteiger partial charge in [-0.05, 0) is 19.8 Å². The highest BCUT2D eigenvalue weighted by molar-refractivity contribution is 7.86. The van der Waals surface area contributed by atoms with E-state index in [1.165, 1.54) is 0 Å². The zero-order valence-electron chi connectivity index (χ0n) is 9.64. The van der Waals surface area contributed by atoms with E-state index in [2.05, 4.69) is 0 Å². The largest absolute Gasteiger partial charge is 0.345 e. The van der Waals surface area contributed by atoms with Crippen LogP contribution >= 0.6 is 0 Å². The van der Waals surface area contributed by atoms with E-state index >= 15 is 0 Å². The highest BCUT2D eigenvalue weighted by Crippen LogP contribution is 2.40. The van der Waals surface area contributed by atoms with Gasteiger partial charge in [-0.2, -0.15) is 8.42 Å². The van der Waals surface area contributed by atoms with Gasteiger partial charge in [-0.1, -0.05) is 6.42 Å². The monoisotopic (exact) mass is 250 g/mol. The minimum absolute atomic E-state index is 0.00348. The third-order valence-corrected chi connectivity index (χ3v) is 3.57. The second kappa shape index (κ2) is 4.25. The lowest BCUT2D eigenvalue weighted by molar-refractivity contribution is -0.233. The van der Waals surface area contributed by atoms with E-state index in [9.17, 15) is 8.42 Å². The van der Waals surface area contributed by atoms with Crippen molar-refractivity contribution in [2.75, 3.05) is 12.9 Å². The highest BCUT2D eigenvalue weighted by atomic mass is 32.2. The van der Waals surface area contributed by atoms with E-state index in [0.29, 0.717) is 19.4 Å². The molecular formula is C10H18O5S. The normalized spacial score (nSPS) is 40.4. The molecule has 1 spiro atoms. The summed E-state index contributed by atoms with van der Waals surface area (Å²) in [7, 11) is -3.46. The van der Waals surface area contributed by atoms with Crippen molar-refractivity contribution < 1.29 is 22.1 Å². The van der Waals surface area contributed by atoms with Crippen LogP contribution in [0.4, 0.5) is 0 Å². The topological polar surface area (TPSA) is 61.8 Å². The average molecular weight is 250 g/mol. The summed E-state index contributed by atoms with van der Waals surface area (Å²) in [6, 6.07) is 0. The Balaban J connectivity index is 2.14. The Morgan fingerprint density at radius 2 is 2.12 bits per heavy atom. The van der Waals surface area contributed by atoms with Crippen molar-refractivity contribution in [1.29, 1.82) is 0 Å². The molecule has 3 unspecified atom stereocenters. The Bertz CT molecular complexity index is 348. The summed E-state index contributed by atoms with van der Waals surface area (Å²) < 4.78 is 38.8. The van der Waals surface area contributed by atoms with Gasteiger partial charge in [0.25, 0.3) is 10.1 Å². The molecule has 0 radical (unpaired) electrons. The molecule has 94 valence electrons. The van der Waals surface area contributed by atoms with Gasteiger partial charge in [0, 0.05) is 6.42 Å². The molecule has 2 aliphatic rings. The predicted octanol–water partition coefficient (Wildman–Crippen LogP) is 1.04. The second-order valence-corrected chi connectivity index (χ2v) is 6.19. The first-order valence-corrected chi connectivity index (χ1v) is 7.43. The summed E-state index contributed by atoms with van der Waals surface area (Å²) >= 11 is 0. The summed E-state index contributed by atoms with van der Waals surface area (Å²) in [5.41, 5.74) is 0. The molecule has 0 N–H and O–H groups in total. The van der Waals surface area contributed by atoms with E-state index in [0.717, 1.165) is 19.1 Å². The zero-order chi connectivity index (χ0) is 11.8. The van der Waals surface area contributed by atoms with E-state index in [4.69, 9.17) is 13.7 Å². The van der Waals surface area contributed by atoms with Crippen LogP contribution in [-0.4, -0.2) is 39.3 Å². The third kappa shape index (κ3) is 2.56. The van der Waals surface area contributed by atoms with Crippen molar-refractivity contribution in [3.05, 3.63) is 0 Å². The number of ether oxygens (including phenoxy) is 2. The molecule has 0 bridgehead atoms. The zero-order valence-corrected chi connectivity index (χ0v) is 10.5. The van der Waals surface area contributed by atoms with Gasteiger partial charge in [-0.25, -0.2) is 0 Å². The molecule has 1 saturated carbocycles. The Kier molecular flexibility index (Phi) is 3.27. The minimum atomic E-state index is -3.46. The lowest BCUT2D eigenvalue weighted by Gasteiger charge is -2.38. The van der Waals surface area contributed by atoms with Crippen LogP contribution in [0.2, 0.25) is 0 Å². The lowest BCUT2D eigenvalue weighted by atomic mass is 9.91. The minimum Gasteiger partial charge on any atom is -0.345 e. The highest BCUT2D eigenvalue weighted by Gasteiger charge is 2.50. The van der Waals surface area contributed by atoms with Crippen molar-refractivity contribution in [1.82, 2.24) is 0 Å². The van der Waals surface area contributed by atoms with Crippen LogP contribution in [0.3, 0.4) is 0 Å².